The maximum absolute atomic E-state index is 12.8. The van der Waals surface area contributed by atoms with E-state index in [4.69, 9.17) is 4.74 Å². The Balaban J connectivity index is 2.17. The number of rotatable bonds is 3. The van der Waals surface area contributed by atoms with E-state index < -0.39 is 15.4 Å². The molecule has 0 aliphatic carbocycles. The van der Waals surface area contributed by atoms with Gasteiger partial charge in [0.05, 0.1) is 10.5 Å². The van der Waals surface area contributed by atoms with Crippen LogP contribution < -0.4 is 0 Å². The van der Waals surface area contributed by atoms with Crippen LogP contribution in [0.15, 0.2) is 40.6 Å². The van der Waals surface area contributed by atoms with Gasteiger partial charge in [0.15, 0.2) is 15.4 Å². The van der Waals surface area contributed by atoms with Gasteiger partial charge in [-0.05, 0) is 62.0 Å². The van der Waals surface area contributed by atoms with Crippen LogP contribution in [-0.2, 0) is 19.4 Å². The molecule has 0 unspecified atom stereocenters. The van der Waals surface area contributed by atoms with Crippen molar-refractivity contribution < 1.29 is 17.9 Å². The Morgan fingerprint density at radius 3 is 2.21 bits per heavy atom. The summed E-state index contributed by atoms with van der Waals surface area (Å²) in [6, 6.07) is 8.41. The highest BCUT2D eigenvalue weighted by molar-refractivity contribution is 7.90. The van der Waals surface area contributed by atoms with Gasteiger partial charge in [-0.3, -0.25) is 4.79 Å². The molecular formula is C18H18O4S2. The number of aryl methyl sites for hydroxylation is 1. The Kier molecular flexibility index (Phi) is 3.92. The minimum atomic E-state index is -3.26. The zero-order chi connectivity index (χ0) is 17.7. The largest absolute Gasteiger partial charge is 0.478 e. The van der Waals surface area contributed by atoms with Crippen molar-refractivity contribution in [1.82, 2.24) is 0 Å². The van der Waals surface area contributed by atoms with Gasteiger partial charge in [-0.2, -0.15) is 0 Å². The first-order valence-corrected chi connectivity index (χ1v) is 10.2. The first-order valence-electron chi connectivity index (χ1n) is 7.44. The summed E-state index contributed by atoms with van der Waals surface area (Å²) in [6.07, 6.45) is 1.17. The highest BCUT2D eigenvalue weighted by Crippen LogP contribution is 2.43. The number of ether oxygens (including phenoxy) is 1. The predicted octanol–water partition coefficient (Wildman–Crippen LogP) is 3.71. The second-order valence-electron chi connectivity index (χ2n) is 6.37. The van der Waals surface area contributed by atoms with Crippen molar-refractivity contribution in [2.75, 3.05) is 6.26 Å². The molecule has 0 spiro atoms. The van der Waals surface area contributed by atoms with E-state index in [1.807, 2.05) is 18.4 Å². The molecule has 126 valence electrons. The van der Waals surface area contributed by atoms with E-state index in [9.17, 15) is 13.2 Å². The van der Waals surface area contributed by atoms with Gasteiger partial charge in [-0.15, -0.1) is 11.3 Å². The zero-order valence-corrected chi connectivity index (χ0v) is 15.5. The standard InChI is InChI=1S/C18H18O4S2/c1-11-9-10-23-16(11)14-15(22-18(2,3)17(14)19)12-5-7-13(8-6-12)24(4,20)21/h5-10H,1-4H3. The minimum Gasteiger partial charge on any atom is -0.478 e. The summed E-state index contributed by atoms with van der Waals surface area (Å²) < 4.78 is 29.2. The second-order valence-corrected chi connectivity index (χ2v) is 9.31. The fraction of sp³-hybridized carbons (Fsp3) is 0.278. The summed E-state index contributed by atoms with van der Waals surface area (Å²) in [4.78, 5) is 14.0. The highest BCUT2D eigenvalue weighted by atomic mass is 32.2. The lowest BCUT2D eigenvalue weighted by Gasteiger charge is -2.17. The smallest absolute Gasteiger partial charge is 0.210 e. The summed E-state index contributed by atoms with van der Waals surface area (Å²) in [6.45, 7) is 5.45. The van der Waals surface area contributed by atoms with Gasteiger partial charge >= 0.3 is 0 Å². The van der Waals surface area contributed by atoms with Crippen LogP contribution in [0.5, 0.6) is 0 Å². The highest BCUT2D eigenvalue weighted by Gasteiger charge is 2.43. The lowest BCUT2D eigenvalue weighted by molar-refractivity contribution is -0.125. The number of sulfone groups is 1. The summed E-state index contributed by atoms with van der Waals surface area (Å²) in [5, 5.41) is 1.95. The van der Waals surface area contributed by atoms with Crippen molar-refractivity contribution in [3.8, 4) is 0 Å². The maximum Gasteiger partial charge on any atom is 0.210 e. The molecule has 2 aromatic rings. The number of hydrogen-bond acceptors (Lipinski definition) is 5. The normalized spacial score (nSPS) is 17.2. The van der Waals surface area contributed by atoms with Crippen molar-refractivity contribution in [3.63, 3.8) is 0 Å². The summed E-state index contributed by atoms with van der Waals surface area (Å²) in [7, 11) is -3.26. The fourth-order valence-corrected chi connectivity index (χ4v) is 4.24. The van der Waals surface area contributed by atoms with Crippen LogP contribution in [0.25, 0.3) is 11.3 Å². The molecule has 6 heteroatoms. The van der Waals surface area contributed by atoms with E-state index in [0.717, 1.165) is 10.4 Å². The molecule has 0 radical (unpaired) electrons. The molecule has 0 amide bonds. The van der Waals surface area contributed by atoms with Gasteiger partial charge in [0.25, 0.3) is 0 Å². The van der Waals surface area contributed by atoms with E-state index >= 15 is 0 Å². The molecule has 1 aliphatic rings. The zero-order valence-electron chi connectivity index (χ0n) is 13.9. The van der Waals surface area contributed by atoms with Gasteiger partial charge in [0.1, 0.15) is 5.76 Å². The topological polar surface area (TPSA) is 60.4 Å². The van der Waals surface area contributed by atoms with Gasteiger partial charge in [-0.25, -0.2) is 8.42 Å². The number of hydrogen-bond donors (Lipinski definition) is 0. The molecule has 0 N–H and O–H groups in total. The number of carbonyl (C=O) groups is 1. The van der Waals surface area contributed by atoms with E-state index in [-0.39, 0.29) is 10.7 Å². The summed E-state index contributed by atoms with van der Waals surface area (Å²) in [5.74, 6) is 0.450. The van der Waals surface area contributed by atoms with Crippen LogP contribution in [0.2, 0.25) is 0 Å². The Hall–Kier alpha value is -1.92. The van der Waals surface area contributed by atoms with Crippen molar-refractivity contribution >= 4 is 38.3 Å². The molecule has 0 saturated heterocycles. The SMILES string of the molecule is Cc1ccsc1C1=C(c2ccc(S(C)(=O)=O)cc2)OC(C)(C)C1=O. The molecule has 3 rings (SSSR count). The average molecular weight is 362 g/mol. The van der Waals surface area contributed by atoms with Crippen LogP contribution >= 0.6 is 11.3 Å². The van der Waals surface area contributed by atoms with Gasteiger partial charge < -0.3 is 4.74 Å². The molecule has 0 atom stereocenters. The van der Waals surface area contributed by atoms with E-state index in [2.05, 4.69) is 0 Å². The number of thiophene rings is 1. The number of carbonyl (C=O) groups excluding carboxylic acids is 1. The molecule has 24 heavy (non-hydrogen) atoms. The minimum absolute atomic E-state index is 0.0600. The first-order chi connectivity index (χ1) is 11.1. The van der Waals surface area contributed by atoms with E-state index in [1.165, 1.54) is 29.7 Å². The number of Topliss-reactive ketones (excluding diaryl/α,β-unsaturated/α-hetero) is 1. The monoisotopic (exact) mass is 362 g/mol. The third kappa shape index (κ3) is 2.80. The lowest BCUT2D eigenvalue weighted by Crippen LogP contribution is -2.29. The van der Waals surface area contributed by atoms with Gasteiger partial charge in [0.2, 0.25) is 5.78 Å². The quantitative estimate of drug-likeness (QED) is 0.835. The Morgan fingerprint density at radius 2 is 1.71 bits per heavy atom. The molecule has 1 aromatic carbocycles. The average Bonchev–Trinajstić information content (AvgIpc) is 3.00. The summed E-state index contributed by atoms with van der Waals surface area (Å²) >= 11 is 1.50. The number of benzene rings is 1. The van der Waals surface area contributed by atoms with Crippen molar-refractivity contribution in [2.24, 2.45) is 0 Å². The molecular weight excluding hydrogens is 344 g/mol. The fourth-order valence-electron chi connectivity index (χ4n) is 2.65. The molecule has 1 aliphatic heterocycles. The predicted molar refractivity (Wildman–Crippen MR) is 95.6 cm³/mol. The second kappa shape index (κ2) is 5.57. The molecule has 0 fully saturated rings. The first kappa shape index (κ1) is 16.9. The molecule has 1 aromatic heterocycles. The Morgan fingerprint density at radius 1 is 1.08 bits per heavy atom. The molecule has 2 heterocycles. The Labute approximate surface area is 145 Å². The molecule has 0 saturated carbocycles. The maximum atomic E-state index is 12.8. The van der Waals surface area contributed by atoms with Crippen LogP contribution in [0.4, 0.5) is 0 Å². The third-order valence-electron chi connectivity index (χ3n) is 3.99. The van der Waals surface area contributed by atoms with Crippen molar-refractivity contribution in [2.45, 2.75) is 31.3 Å². The van der Waals surface area contributed by atoms with Crippen molar-refractivity contribution in [1.29, 1.82) is 0 Å². The lowest BCUT2D eigenvalue weighted by atomic mass is 9.95. The summed E-state index contributed by atoms with van der Waals surface area (Å²) in [5.41, 5.74) is 1.36. The van der Waals surface area contributed by atoms with Crippen LogP contribution in [0.3, 0.4) is 0 Å². The molecule has 4 nitrogen and oxygen atoms in total. The molecule has 0 bridgehead atoms. The third-order valence-corrected chi connectivity index (χ3v) is 6.15. The van der Waals surface area contributed by atoms with Crippen molar-refractivity contribution in [3.05, 3.63) is 51.7 Å². The van der Waals surface area contributed by atoms with Gasteiger partial charge in [-0.1, -0.05) is 0 Å². The van der Waals surface area contributed by atoms with E-state index in [1.54, 1.807) is 26.0 Å². The van der Waals surface area contributed by atoms with Crippen LogP contribution in [0.1, 0.15) is 29.9 Å². The van der Waals surface area contributed by atoms with Crippen LogP contribution in [0, 0.1) is 6.92 Å². The Bertz CT molecular complexity index is 945. The number of ketones is 1. The van der Waals surface area contributed by atoms with Crippen LogP contribution in [-0.4, -0.2) is 26.1 Å². The van der Waals surface area contributed by atoms with E-state index in [0.29, 0.717) is 16.9 Å². The van der Waals surface area contributed by atoms with Gasteiger partial charge in [0, 0.05) is 16.7 Å².